The summed E-state index contributed by atoms with van der Waals surface area (Å²) in [6, 6.07) is 63.4. The Kier molecular flexibility index (Phi) is 18.5. The molecule has 0 radical (unpaired) electrons. The van der Waals surface area contributed by atoms with Gasteiger partial charge in [0.15, 0.2) is 0 Å². The summed E-state index contributed by atoms with van der Waals surface area (Å²) in [6.07, 6.45) is 30.8. The molecule has 66 heavy (non-hydrogen) atoms. The quantitative estimate of drug-likeness (QED) is 0.0444. The molecule has 2 heterocycles. The van der Waals surface area contributed by atoms with Crippen LogP contribution < -0.4 is 36.7 Å². The van der Waals surface area contributed by atoms with Crippen LogP contribution in [-0.2, 0) is 44.8 Å². The van der Waals surface area contributed by atoms with Gasteiger partial charge in [-0.3, -0.25) is 11.8 Å². The summed E-state index contributed by atoms with van der Waals surface area (Å²) < 4.78 is 0. The normalized spacial score (nSPS) is 15.2. The zero-order valence-corrected chi connectivity index (χ0v) is 46.6. The summed E-state index contributed by atoms with van der Waals surface area (Å²) >= 11 is 0. The van der Waals surface area contributed by atoms with Crippen molar-refractivity contribution < 1.29 is 44.8 Å². The van der Waals surface area contributed by atoms with Crippen LogP contribution in [0.2, 0.25) is 26.2 Å². The number of benzene rings is 7. The number of fused-ring (bicyclic) bond motifs is 6. The maximum atomic E-state index is 7.47. The van der Waals surface area contributed by atoms with Gasteiger partial charge in [0.25, 0.3) is 0 Å². The van der Waals surface area contributed by atoms with Gasteiger partial charge in [-0.2, -0.15) is 0 Å². The first-order valence-electron chi connectivity index (χ1n) is 22.8. The molecule has 0 saturated heterocycles. The van der Waals surface area contributed by atoms with Crippen LogP contribution in [0.5, 0.6) is 0 Å². The molecule has 10 rings (SSSR count). The molecular formula is C60H58Au2P2Si2+2. The second kappa shape index (κ2) is 23.8. The summed E-state index contributed by atoms with van der Waals surface area (Å²) in [7, 11) is -4.53. The Morgan fingerprint density at radius 3 is 1.32 bits per heavy atom. The minimum absolute atomic E-state index is 0. The largest absolute Gasteiger partial charge is 1.00 e. The van der Waals surface area contributed by atoms with Crippen LogP contribution in [0.1, 0.15) is 30.4 Å². The molecule has 0 spiro atoms. The van der Waals surface area contributed by atoms with Crippen LogP contribution in [-0.4, -0.2) is 34.1 Å². The zero-order valence-electron chi connectivity index (χ0n) is 38.3. The number of allylic oxidation sites excluding steroid dienone is 4. The van der Waals surface area contributed by atoms with Gasteiger partial charge >= 0.3 is 44.8 Å². The molecule has 7 aromatic rings. The average molecular weight is 1290 g/mol. The summed E-state index contributed by atoms with van der Waals surface area (Å²) in [5.74, 6) is 5.21. The molecule has 0 amide bonds. The number of rotatable bonds is 9. The number of hydrogen-bond acceptors (Lipinski definition) is 0. The Labute approximate surface area is 431 Å². The van der Waals surface area contributed by atoms with Crippen LogP contribution >= 0.6 is 15.8 Å². The van der Waals surface area contributed by atoms with E-state index >= 15 is 0 Å². The van der Waals surface area contributed by atoms with E-state index in [0.717, 1.165) is 16.8 Å². The Bertz CT molecular complexity index is 2700. The second-order valence-electron chi connectivity index (χ2n) is 18.0. The van der Waals surface area contributed by atoms with Crippen LogP contribution in [0.25, 0.3) is 22.3 Å². The fraction of sp³-hybridized carbons (Fsp3) is 0.167. The van der Waals surface area contributed by atoms with E-state index in [-0.39, 0.29) is 44.8 Å². The van der Waals surface area contributed by atoms with Gasteiger partial charge in [-0.05, 0) is 87.9 Å². The van der Waals surface area contributed by atoms with Gasteiger partial charge in [0.2, 0.25) is 0 Å². The Morgan fingerprint density at radius 2 is 0.879 bits per heavy atom. The van der Waals surface area contributed by atoms with Gasteiger partial charge in [0, 0.05) is 14.3 Å². The van der Waals surface area contributed by atoms with E-state index in [4.69, 9.17) is 12.8 Å². The SMILES string of the molecule is C1=CCC([PH+](CCCC[PH+](c2ccccc2)c2ccccc2)c2ccccc2)C=C1.[Au+].[Au+].[C-]#Cc1cccc2c1[Si](C)(C)c1ccccc1-2.[C-]#Cc1cccc2c1[Si](C)(C)c1ccccc1-2. The molecule has 0 bridgehead atoms. The Balaban J connectivity index is 0.000000172. The van der Waals surface area contributed by atoms with E-state index in [2.05, 4.69) is 214 Å². The van der Waals surface area contributed by atoms with Crippen LogP contribution in [0.15, 0.2) is 200 Å². The minimum atomic E-state index is -1.63. The maximum Gasteiger partial charge on any atom is 1.00 e. The molecule has 7 aromatic carbocycles. The molecular weight excluding hydrogens is 1230 g/mol. The second-order valence-corrected chi connectivity index (χ2v) is 32.1. The summed E-state index contributed by atoms with van der Waals surface area (Å²) in [6.45, 7) is 9.44. The van der Waals surface area contributed by atoms with E-state index in [0.29, 0.717) is 0 Å². The smallest absolute Gasteiger partial charge is 0.366 e. The van der Waals surface area contributed by atoms with Crippen molar-refractivity contribution in [1.29, 1.82) is 0 Å². The van der Waals surface area contributed by atoms with Crippen molar-refractivity contribution in [1.82, 2.24) is 0 Å². The van der Waals surface area contributed by atoms with Crippen LogP contribution in [0.4, 0.5) is 0 Å². The van der Waals surface area contributed by atoms with Crippen molar-refractivity contribution in [3.63, 3.8) is 0 Å². The fourth-order valence-corrected chi connectivity index (χ4v) is 22.9. The third kappa shape index (κ3) is 11.1. The van der Waals surface area contributed by atoms with E-state index in [9.17, 15) is 0 Å². The molecule has 0 N–H and O–H groups in total. The van der Waals surface area contributed by atoms with Gasteiger partial charge in [-0.1, -0.05) is 172 Å². The van der Waals surface area contributed by atoms with Gasteiger partial charge in [0.1, 0.15) is 0 Å². The van der Waals surface area contributed by atoms with Crippen molar-refractivity contribution in [2.75, 3.05) is 12.3 Å². The van der Waals surface area contributed by atoms with E-state index < -0.39 is 32.0 Å². The first kappa shape index (κ1) is 51.3. The molecule has 2 aliphatic heterocycles. The van der Waals surface area contributed by atoms with Gasteiger partial charge < -0.3 is 12.8 Å². The Hall–Kier alpha value is -4.09. The average Bonchev–Trinajstić information content (AvgIpc) is 3.74. The van der Waals surface area contributed by atoms with Crippen molar-refractivity contribution in [2.24, 2.45) is 0 Å². The van der Waals surface area contributed by atoms with Crippen LogP contribution in [0.3, 0.4) is 0 Å². The predicted octanol–water partition coefficient (Wildman–Crippen LogP) is 10.9. The summed E-state index contributed by atoms with van der Waals surface area (Å²) in [5.41, 5.74) is 8.01. The molecule has 2 unspecified atom stereocenters. The van der Waals surface area contributed by atoms with E-state index in [1.54, 1.807) is 15.9 Å². The molecule has 1 aliphatic carbocycles. The molecule has 2 atom stereocenters. The monoisotopic (exact) mass is 1290 g/mol. The standard InChI is InChI=1S/C28H30P2.2C16H13Si.2Au/c1-5-15-25(16-6-1)29(26-17-7-2-8-18-26)23-13-14-24-30(27-19-9-3-10-20-27)28-21-11-4-12-22-28;2*1-4-12-8-7-10-14-13-9-5-6-11-15(13)17(2,3)16(12)14;;/h1-12,15-21,28H,13-14,22-24H2;2*5-11H,2-3H3;;/q;2*-1;2*+1/p+2. The molecule has 0 saturated carbocycles. The summed E-state index contributed by atoms with van der Waals surface area (Å²) in [5, 5.41) is 10.4. The van der Waals surface area contributed by atoms with E-state index in [1.807, 2.05) is 24.3 Å². The molecule has 3 aliphatic rings. The molecule has 6 heteroatoms. The first-order chi connectivity index (χ1) is 31.2. The minimum Gasteiger partial charge on any atom is -0.366 e. The topological polar surface area (TPSA) is 0 Å². The molecule has 0 aromatic heterocycles. The van der Waals surface area contributed by atoms with Gasteiger partial charge in [-0.15, -0.1) is 33.6 Å². The third-order valence-electron chi connectivity index (χ3n) is 13.4. The van der Waals surface area contributed by atoms with Gasteiger partial charge in [0.05, 0.1) is 58.0 Å². The molecule has 0 nitrogen and oxygen atoms in total. The number of hydrogen-bond donors (Lipinski definition) is 0. The summed E-state index contributed by atoms with van der Waals surface area (Å²) in [4.78, 5) is 0. The Morgan fingerprint density at radius 1 is 0.470 bits per heavy atom. The zero-order chi connectivity index (χ0) is 44.5. The third-order valence-corrected chi connectivity index (χ3v) is 26.7. The maximum absolute atomic E-state index is 7.47. The van der Waals surface area contributed by atoms with Crippen molar-refractivity contribution in [3.05, 3.63) is 224 Å². The predicted molar refractivity (Wildman–Crippen MR) is 290 cm³/mol. The number of unbranched alkanes of at least 4 members (excludes halogenated alkanes) is 1. The van der Waals surface area contributed by atoms with Crippen LogP contribution in [0, 0.1) is 24.7 Å². The van der Waals surface area contributed by atoms with Gasteiger partial charge in [-0.25, -0.2) is 0 Å². The van der Waals surface area contributed by atoms with Crippen molar-refractivity contribution >= 4 is 68.7 Å². The molecule has 336 valence electrons. The van der Waals surface area contributed by atoms with E-state index in [1.165, 1.54) is 74.6 Å². The fourth-order valence-electron chi connectivity index (χ4n) is 10.3. The molecule has 0 fully saturated rings. The van der Waals surface area contributed by atoms with Crippen molar-refractivity contribution in [3.8, 4) is 34.1 Å². The first-order valence-corrected chi connectivity index (χ1v) is 32.3. The van der Waals surface area contributed by atoms with Crippen molar-refractivity contribution in [2.45, 2.75) is 51.1 Å².